The number of methoxy groups -OCH3 is 2. The molecule has 9 nitrogen and oxygen atoms in total. The topological polar surface area (TPSA) is 112 Å². The fourth-order valence-corrected chi connectivity index (χ4v) is 1.90. The Morgan fingerprint density at radius 2 is 1.72 bits per heavy atom. The van der Waals surface area contributed by atoms with E-state index in [2.05, 4.69) is 16.0 Å². The van der Waals surface area contributed by atoms with Gasteiger partial charge in [-0.2, -0.15) is 5.10 Å². The predicted octanol–water partition coefficient (Wildman–Crippen LogP) is -0.0269. The maximum absolute atomic E-state index is 12.1. The summed E-state index contributed by atoms with van der Waals surface area (Å²) in [5, 5.41) is 3.93. The van der Waals surface area contributed by atoms with E-state index in [4.69, 9.17) is 9.47 Å². The first-order valence-electron chi connectivity index (χ1n) is 7.37. The zero-order chi connectivity index (χ0) is 18.2. The molecule has 0 fully saturated rings. The first kappa shape index (κ1) is 18.1. The lowest BCUT2D eigenvalue weighted by Gasteiger charge is -2.09. The van der Waals surface area contributed by atoms with Crippen LogP contribution in [0.4, 0.5) is 0 Å². The highest BCUT2D eigenvalue weighted by atomic mass is 16.5. The van der Waals surface area contributed by atoms with Gasteiger partial charge in [0, 0.05) is 18.7 Å². The van der Waals surface area contributed by atoms with Crippen molar-refractivity contribution in [2.24, 2.45) is 0 Å². The van der Waals surface area contributed by atoms with Gasteiger partial charge in [0.25, 0.3) is 17.4 Å². The van der Waals surface area contributed by atoms with Crippen LogP contribution in [0.3, 0.4) is 0 Å². The minimum Gasteiger partial charge on any atom is -0.497 e. The number of carbonyl (C=O) groups is 2. The van der Waals surface area contributed by atoms with Crippen LogP contribution in [0.25, 0.3) is 0 Å². The molecule has 0 spiro atoms. The zero-order valence-corrected chi connectivity index (χ0v) is 13.8. The number of hydrogen-bond acceptors (Lipinski definition) is 6. The van der Waals surface area contributed by atoms with Gasteiger partial charge in [0.15, 0.2) is 5.69 Å². The van der Waals surface area contributed by atoms with E-state index in [0.29, 0.717) is 11.3 Å². The van der Waals surface area contributed by atoms with Gasteiger partial charge in [-0.05, 0) is 30.3 Å². The van der Waals surface area contributed by atoms with Crippen molar-refractivity contribution in [1.82, 2.24) is 20.6 Å². The number of ether oxygens (including phenoxy) is 2. The van der Waals surface area contributed by atoms with E-state index in [-0.39, 0.29) is 24.4 Å². The quantitative estimate of drug-likeness (QED) is 0.711. The number of nitrogens with one attached hydrogen (secondary N) is 2. The van der Waals surface area contributed by atoms with Gasteiger partial charge in [0.2, 0.25) is 0 Å². The van der Waals surface area contributed by atoms with Gasteiger partial charge in [-0.25, -0.2) is 4.68 Å². The van der Waals surface area contributed by atoms with Crippen molar-refractivity contribution >= 4 is 11.8 Å². The summed E-state index contributed by atoms with van der Waals surface area (Å²) in [6, 6.07) is 8.88. The Hall–Kier alpha value is -3.20. The second-order valence-corrected chi connectivity index (χ2v) is 4.91. The minimum absolute atomic E-state index is 0.00858. The van der Waals surface area contributed by atoms with Crippen molar-refractivity contribution in [3.8, 4) is 5.75 Å². The fourth-order valence-electron chi connectivity index (χ4n) is 1.90. The third kappa shape index (κ3) is 4.88. The highest BCUT2D eigenvalue weighted by Crippen LogP contribution is 2.10. The molecule has 0 bridgehead atoms. The summed E-state index contributed by atoms with van der Waals surface area (Å²) in [7, 11) is 3.02. The van der Waals surface area contributed by atoms with Crippen molar-refractivity contribution in [2.45, 2.75) is 6.54 Å². The smallest absolute Gasteiger partial charge is 0.290 e. The Morgan fingerprint density at radius 3 is 2.36 bits per heavy atom. The SMILES string of the molecule is COCCn1nc(C(=O)NNC(=O)c2ccc(OC)cc2)ccc1=O. The molecule has 25 heavy (non-hydrogen) atoms. The van der Waals surface area contributed by atoms with Crippen LogP contribution in [0.2, 0.25) is 0 Å². The van der Waals surface area contributed by atoms with Crippen molar-refractivity contribution in [3.05, 3.63) is 58.0 Å². The van der Waals surface area contributed by atoms with Crippen LogP contribution < -0.4 is 21.1 Å². The molecule has 9 heteroatoms. The van der Waals surface area contributed by atoms with E-state index in [1.54, 1.807) is 24.3 Å². The molecule has 0 saturated heterocycles. The summed E-state index contributed by atoms with van der Waals surface area (Å²) in [5.41, 5.74) is 4.52. The van der Waals surface area contributed by atoms with E-state index in [1.807, 2.05) is 0 Å². The van der Waals surface area contributed by atoms with Crippen molar-refractivity contribution < 1.29 is 19.1 Å². The molecule has 1 aromatic heterocycles. The van der Waals surface area contributed by atoms with Crippen molar-refractivity contribution in [2.75, 3.05) is 20.8 Å². The molecule has 0 aliphatic carbocycles. The summed E-state index contributed by atoms with van der Waals surface area (Å²) in [5.74, 6) is -0.528. The number of amides is 2. The molecule has 132 valence electrons. The lowest BCUT2D eigenvalue weighted by Crippen LogP contribution is -2.42. The van der Waals surface area contributed by atoms with Crippen LogP contribution >= 0.6 is 0 Å². The molecule has 1 aromatic carbocycles. The molecule has 1 heterocycles. The third-order valence-electron chi connectivity index (χ3n) is 3.25. The van der Waals surface area contributed by atoms with Crippen LogP contribution in [-0.4, -0.2) is 42.4 Å². The Labute approximate surface area is 143 Å². The van der Waals surface area contributed by atoms with Gasteiger partial charge < -0.3 is 9.47 Å². The highest BCUT2D eigenvalue weighted by molar-refractivity contribution is 5.98. The van der Waals surface area contributed by atoms with E-state index < -0.39 is 11.8 Å². The summed E-state index contributed by atoms with van der Waals surface area (Å²) >= 11 is 0. The molecule has 0 aliphatic heterocycles. The average Bonchev–Trinajstić information content (AvgIpc) is 2.65. The highest BCUT2D eigenvalue weighted by Gasteiger charge is 2.12. The molecule has 0 aliphatic rings. The summed E-state index contributed by atoms with van der Waals surface area (Å²) in [6.45, 7) is 0.501. The number of hydrogen-bond donors (Lipinski definition) is 2. The number of carbonyl (C=O) groups excluding carboxylic acids is 2. The Balaban J connectivity index is 1.99. The molecule has 0 radical (unpaired) electrons. The Kier molecular flexibility index (Phi) is 6.24. The largest absolute Gasteiger partial charge is 0.497 e. The van der Waals surface area contributed by atoms with Gasteiger partial charge in [-0.3, -0.25) is 25.2 Å². The number of rotatable bonds is 6. The number of hydrazine groups is 1. The second-order valence-electron chi connectivity index (χ2n) is 4.91. The maximum atomic E-state index is 12.1. The first-order chi connectivity index (χ1) is 12.0. The van der Waals surface area contributed by atoms with E-state index in [9.17, 15) is 14.4 Å². The Morgan fingerprint density at radius 1 is 1.04 bits per heavy atom. The molecule has 2 N–H and O–H groups in total. The zero-order valence-electron chi connectivity index (χ0n) is 13.8. The predicted molar refractivity (Wildman–Crippen MR) is 88.3 cm³/mol. The summed E-state index contributed by atoms with van der Waals surface area (Å²) < 4.78 is 11.0. The fraction of sp³-hybridized carbons (Fsp3) is 0.250. The maximum Gasteiger partial charge on any atom is 0.290 e. The summed E-state index contributed by atoms with van der Waals surface area (Å²) in [6.07, 6.45) is 0. The van der Waals surface area contributed by atoms with Crippen LogP contribution in [0.5, 0.6) is 5.75 Å². The van der Waals surface area contributed by atoms with Gasteiger partial charge in [0.1, 0.15) is 5.75 Å². The lowest BCUT2D eigenvalue weighted by molar-refractivity contribution is 0.0842. The van der Waals surface area contributed by atoms with E-state index >= 15 is 0 Å². The van der Waals surface area contributed by atoms with Crippen molar-refractivity contribution in [3.63, 3.8) is 0 Å². The number of benzene rings is 1. The molecule has 0 unspecified atom stereocenters. The van der Waals surface area contributed by atoms with Crippen molar-refractivity contribution in [1.29, 1.82) is 0 Å². The molecule has 2 rings (SSSR count). The van der Waals surface area contributed by atoms with Gasteiger partial charge in [0.05, 0.1) is 20.3 Å². The van der Waals surface area contributed by atoms with Gasteiger partial charge in [-0.15, -0.1) is 0 Å². The van der Waals surface area contributed by atoms with E-state index in [1.165, 1.54) is 26.4 Å². The van der Waals surface area contributed by atoms with Crippen LogP contribution in [0.15, 0.2) is 41.2 Å². The Bertz CT molecular complexity index is 801. The molecule has 0 saturated carbocycles. The second kappa shape index (κ2) is 8.60. The van der Waals surface area contributed by atoms with Crippen LogP contribution in [0, 0.1) is 0 Å². The molecule has 2 aromatic rings. The number of nitrogens with zero attached hydrogens (tertiary/aromatic N) is 2. The first-order valence-corrected chi connectivity index (χ1v) is 7.37. The lowest BCUT2D eigenvalue weighted by atomic mass is 10.2. The standard InChI is InChI=1S/C16H18N4O5/c1-24-10-9-20-14(21)8-7-13(19-20)16(23)18-17-15(22)11-3-5-12(25-2)6-4-11/h3-8H,9-10H2,1-2H3,(H,17,22)(H,18,23). The number of aromatic nitrogens is 2. The van der Waals surface area contributed by atoms with Crippen LogP contribution in [0.1, 0.15) is 20.8 Å². The summed E-state index contributed by atoms with van der Waals surface area (Å²) in [4.78, 5) is 35.7. The molecular formula is C16H18N4O5. The normalized spacial score (nSPS) is 10.2. The molecule has 0 atom stereocenters. The van der Waals surface area contributed by atoms with Gasteiger partial charge in [-0.1, -0.05) is 0 Å². The molecule has 2 amide bonds. The molecular weight excluding hydrogens is 328 g/mol. The minimum atomic E-state index is -0.645. The van der Waals surface area contributed by atoms with Crippen LogP contribution in [-0.2, 0) is 11.3 Å². The van der Waals surface area contributed by atoms with E-state index in [0.717, 1.165) is 4.68 Å². The monoisotopic (exact) mass is 346 g/mol. The van der Waals surface area contributed by atoms with Gasteiger partial charge >= 0.3 is 0 Å². The average molecular weight is 346 g/mol. The third-order valence-corrected chi connectivity index (χ3v) is 3.25.